The Hall–Kier alpha value is -0.860. The SMILES string of the molecule is CCCNC1CC(OCCCc2ccccc2)C1. The standard InChI is InChI=1S/C16H25NO/c1-2-10-17-15-12-16(13-15)18-11-6-9-14-7-4-3-5-8-14/h3-5,7-8,15-17H,2,6,9-13H2,1H3. The molecule has 2 nitrogen and oxygen atoms in total. The Morgan fingerprint density at radius 2 is 2.00 bits per heavy atom. The van der Waals surface area contributed by atoms with E-state index < -0.39 is 0 Å². The van der Waals surface area contributed by atoms with Gasteiger partial charge in [0.15, 0.2) is 0 Å². The predicted molar refractivity (Wildman–Crippen MR) is 75.8 cm³/mol. The van der Waals surface area contributed by atoms with Gasteiger partial charge in [-0.05, 0) is 44.2 Å². The minimum absolute atomic E-state index is 0.509. The first-order chi connectivity index (χ1) is 8.88. The van der Waals surface area contributed by atoms with Gasteiger partial charge in [0.1, 0.15) is 0 Å². The first kappa shape index (κ1) is 13.6. The van der Waals surface area contributed by atoms with E-state index in [1.165, 1.54) is 24.8 Å². The van der Waals surface area contributed by atoms with Gasteiger partial charge in [0.25, 0.3) is 0 Å². The molecule has 0 aliphatic heterocycles. The topological polar surface area (TPSA) is 21.3 Å². The Labute approximate surface area is 111 Å². The molecule has 0 saturated heterocycles. The minimum atomic E-state index is 0.509. The minimum Gasteiger partial charge on any atom is -0.378 e. The molecule has 0 atom stereocenters. The number of ether oxygens (including phenoxy) is 1. The van der Waals surface area contributed by atoms with Crippen molar-refractivity contribution in [2.75, 3.05) is 13.2 Å². The van der Waals surface area contributed by atoms with Crippen LogP contribution < -0.4 is 5.32 Å². The van der Waals surface area contributed by atoms with Crippen LogP contribution in [0.4, 0.5) is 0 Å². The van der Waals surface area contributed by atoms with E-state index in [1.54, 1.807) is 0 Å². The number of hydrogen-bond donors (Lipinski definition) is 1. The largest absolute Gasteiger partial charge is 0.378 e. The fraction of sp³-hybridized carbons (Fsp3) is 0.625. The van der Waals surface area contributed by atoms with Crippen molar-refractivity contribution >= 4 is 0 Å². The lowest BCUT2D eigenvalue weighted by atomic mass is 9.89. The zero-order valence-electron chi connectivity index (χ0n) is 11.4. The fourth-order valence-corrected chi connectivity index (χ4v) is 2.39. The van der Waals surface area contributed by atoms with Gasteiger partial charge in [-0.3, -0.25) is 0 Å². The Kier molecular flexibility index (Phi) is 5.69. The maximum atomic E-state index is 5.87. The average molecular weight is 247 g/mol. The van der Waals surface area contributed by atoms with Crippen molar-refractivity contribution in [2.45, 2.75) is 51.2 Å². The summed E-state index contributed by atoms with van der Waals surface area (Å²) in [5.74, 6) is 0. The Balaban J connectivity index is 1.48. The second-order valence-corrected chi connectivity index (χ2v) is 5.20. The third-order valence-corrected chi connectivity index (χ3v) is 3.58. The van der Waals surface area contributed by atoms with E-state index in [-0.39, 0.29) is 0 Å². The summed E-state index contributed by atoms with van der Waals surface area (Å²) in [6, 6.07) is 11.4. The molecule has 100 valence electrons. The number of benzene rings is 1. The summed E-state index contributed by atoms with van der Waals surface area (Å²) in [4.78, 5) is 0. The third-order valence-electron chi connectivity index (χ3n) is 3.58. The molecule has 0 aromatic heterocycles. The van der Waals surface area contributed by atoms with Crippen molar-refractivity contribution in [1.29, 1.82) is 0 Å². The van der Waals surface area contributed by atoms with E-state index in [4.69, 9.17) is 4.74 Å². The van der Waals surface area contributed by atoms with Crippen molar-refractivity contribution in [3.63, 3.8) is 0 Å². The van der Waals surface area contributed by atoms with Crippen LogP contribution in [0.5, 0.6) is 0 Å². The molecule has 0 spiro atoms. The van der Waals surface area contributed by atoms with Crippen LogP contribution in [0.3, 0.4) is 0 Å². The highest BCUT2D eigenvalue weighted by molar-refractivity contribution is 5.14. The summed E-state index contributed by atoms with van der Waals surface area (Å²) >= 11 is 0. The van der Waals surface area contributed by atoms with Crippen molar-refractivity contribution in [1.82, 2.24) is 5.32 Å². The monoisotopic (exact) mass is 247 g/mol. The number of rotatable bonds is 8. The van der Waals surface area contributed by atoms with Gasteiger partial charge in [-0.1, -0.05) is 37.3 Å². The van der Waals surface area contributed by atoms with Crippen LogP contribution in [0.25, 0.3) is 0 Å². The van der Waals surface area contributed by atoms with Crippen molar-refractivity contribution in [3.8, 4) is 0 Å². The first-order valence-electron chi connectivity index (χ1n) is 7.27. The van der Waals surface area contributed by atoms with E-state index >= 15 is 0 Å². The zero-order valence-corrected chi connectivity index (χ0v) is 11.4. The highest BCUT2D eigenvalue weighted by Gasteiger charge is 2.28. The normalized spacial score (nSPS) is 22.7. The summed E-state index contributed by atoms with van der Waals surface area (Å²) in [5, 5.41) is 3.54. The highest BCUT2D eigenvalue weighted by atomic mass is 16.5. The molecule has 0 radical (unpaired) electrons. The van der Waals surface area contributed by atoms with Gasteiger partial charge in [-0.25, -0.2) is 0 Å². The lowest BCUT2D eigenvalue weighted by molar-refractivity contribution is -0.0170. The smallest absolute Gasteiger partial charge is 0.0604 e. The Morgan fingerprint density at radius 3 is 2.72 bits per heavy atom. The molecule has 0 heterocycles. The molecular formula is C16H25NO. The van der Waals surface area contributed by atoms with Crippen LogP contribution >= 0.6 is 0 Å². The van der Waals surface area contributed by atoms with E-state index in [9.17, 15) is 0 Å². The van der Waals surface area contributed by atoms with E-state index in [0.717, 1.165) is 26.0 Å². The van der Waals surface area contributed by atoms with Crippen LogP contribution in [0.15, 0.2) is 30.3 Å². The predicted octanol–water partition coefficient (Wildman–Crippen LogP) is 3.17. The summed E-state index contributed by atoms with van der Waals surface area (Å²) < 4.78 is 5.87. The maximum Gasteiger partial charge on any atom is 0.0604 e. The second-order valence-electron chi connectivity index (χ2n) is 5.20. The van der Waals surface area contributed by atoms with Crippen molar-refractivity contribution in [3.05, 3.63) is 35.9 Å². The Morgan fingerprint density at radius 1 is 1.22 bits per heavy atom. The molecule has 2 rings (SSSR count). The van der Waals surface area contributed by atoms with Crippen LogP contribution in [0.2, 0.25) is 0 Å². The average Bonchev–Trinajstić information content (AvgIpc) is 2.37. The van der Waals surface area contributed by atoms with Crippen molar-refractivity contribution in [2.24, 2.45) is 0 Å². The molecule has 1 saturated carbocycles. The molecule has 1 N–H and O–H groups in total. The van der Waals surface area contributed by atoms with E-state index in [1.807, 2.05) is 0 Å². The van der Waals surface area contributed by atoms with Gasteiger partial charge >= 0.3 is 0 Å². The quantitative estimate of drug-likeness (QED) is 0.712. The third kappa shape index (κ3) is 4.43. The second kappa shape index (κ2) is 7.55. The maximum absolute atomic E-state index is 5.87. The molecule has 1 fully saturated rings. The van der Waals surface area contributed by atoms with Crippen LogP contribution in [-0.4, -0.2) is 25.3 Å². The van der Waals surface area contributed by atoms with Gasteiger partial charge < -0.3 is 10.1 Å². The highest BCUT2D eigenvalue weighted by Crippen LogP contribution is 2.23. The molecule has 1 aliphatic rings. The van der Waals surface area contributed by atoms with Gasteiger partial charge in [0.2, 0.25) is 0 Å². The molecular weight excluding hydrogens is 222 g/mol. The van der Waals surface area contributed by atoms with Crippen LogP contribution in [0, 0.1) is 0 Å². The van der Waals surface area contributed by atoms with E-state index in [2.05, 4.69) is 42.6 Å². The van der Waals surface area contributed by atoms with E-state index in [0.29, 0.717) is 12.1 Å². The summed E-state index contributed by atoms with van der Waals surface area (Å²) in [6.07, 6.45) is 6.39. The molecule has 0 amide bonds. The van der Waals surface area contributed by atoms with Gasteiger partial charge in [0, 0.05) is 12.6 Å². The lowest BCUT2D eigenvalue weighted by Gasteiger charge is -2.35. The van der Waals surface area contributed by atoms with Crippen LogP contribution in [0.1, 0.15) is 38.2 Å². The number of aryl methyl sites for hydroxylation is 1. The number of nitrogens with one attached hydrogen (secondary N) is 1. The molecule has 1 aliphatic carbocycles. The zero-order chi connectivity index (χ0) is 12.6. The molecule has 0 unspecified atom stereocenters. The Bertz CT molecular complexity index is 319. The summed E-state index contributed by atoms with van der Waals surface area (Å²) in [7, 11) is 0. The summed E-state index contributed by atoms with van der Waals surface area (Å²) in [6.45, 7) is 4.26. The van der Waals surface area contributed by atoms with Crippen LogP contribution in [-0.2, 0) is 11.2 Å². The lowest BCUT2D eigenvalue weighted by Crippen LogP contribution is -2.45. The number of hydrogen-bond acceptors (Lipinski definition) is 2. The summed E-state index contributed by atoms with van der Waals surface area (Å²) in [5.41, 5.74) is 1.41. The van der Waals surface area contributed by atoms with Gasteiger partial charge in [-0.15, -0.1) is 0 Å². The molecule has 18 heavy (non-hydrogen) atoms. The molecule has 2 heteroatoms. The van der Waals surface area contributed by atoms with Gasteiger partial charge in [-0.2, -0.15) is 0 Å². The molecule has 1 aromatic rings. The van der Waals surface area contributed by atoms with Crippen molar-refractivity contribution < 1.29 is 4.74 Å². The first-order valence-corrected chi connectivity index (χ1v) is 7.27. The van der Waals surface area contributed by atoms with Gasteiger partial charge in [0.05, 0.1) is 6.10 Å². The molecule has 0 bridgehead atoms. The fourth-order valence-electron chi connectivity index (χ4n) is 2.39. The molecule has 1 aromatic carbocycles.